The Bertz CT molecular complexity index is 487. The van der Waals surface area contributed by atoms with Crippen LogP contribution in [-0.2, 0) is 0 Å². The van der Waals surface area contributed by atoms with Gasteiger partial charge in [0, 0.05) is 17.1 Å². The third-order valence-corrected chi connectivity index (χ3v) is 3.01. The summed E-state index contributed by atoms with van der Waals surface area (Å²) in [7, 11) is 2.01. The van der Waals surface area contributed by atoms with Gasteiger partial charge in [-0.25, -0.2) is 0 Å². The fourth-order valence-electron chi connectivity index (χ4n) is 2.21. The van der Waals surface area contributed by atoms with Gasteiger partial charge in [0.25, 0.3) is 0 Å². The molecule has 0 aliphatic carbocycles. The maximum atomic E-state index is 4.56. The van der Waals surface area contributed by atoms with Crippen molar-refractivity contribution < 1.29 is 0 Å². The molecule has 1 N–H and O–H groups in total. The molecule has 1 heterocycles. The molecule has 1 aromatic carbocycles. The summed E-state index contributed by atoms with van der Waals surface area (Å²) in [5.74, 6) is 0. The average Bonchev–Trinajstić information content (AvgIpc) is 2.30. The SMILES string of the molecule is CCC(NC)c1cc(C)nc2ccccc12. The van der Waals surface area contributed by atoms with E-state index in [1.165, 1.54) is 10.9 Å². The molecule has 1 aromatic heterocycles. The Kier molecular flexibility index (Phi) is 3.20. The summed E-state index contributed by atoms with van der Waals surface area (Å²) in [4.78, 5) is 4.56. The molecule has 1 atom stereocenters. The summed E-state index contributed by atoms with van der Waals surface area (Å²) in [6.07, 6.45) is 1.09. The van der Waals surface area contributed by atoms with Crippen LogP contribution in [0.1, 0.15) is 30.6 Å². The van der Waals surface area contributed by atoms with Crippen LogP contribution in [0.25, 0.3) is 10.9 Å². The van der Waals surface area contributed by atoms with Crippen LogP contribution in [0, 0.1) is 6.92 Å². The molecule has 0 spiro atoms. The molecule has 2 aromatic rings. The zero-order valence-corrected chi connectivity index (χ0v) is 10.1. The molecule has 2 heteroatoms. The van der Waals surface area contributed by atoms with E-state index in [4.69, 9.17) is 0 Å². The van der Waals surface area contributed by atoms with Crippen LogP contribution in [0.15, 0.2) is 30.3 Å². The van der Waals surface area contributed by atoms with Crippen molar-refractivity contribution in [2.45, 2.75) is 26.3 Å². The van der Waals surface area contributed by atoms with Gasteiger partial charge in [-0.2, -0.15) is 0 Å². The summed E-state index contributed by atoms with van der Waals surface area (Å²) in [5.41, 5.74) is 3.53. The molecule has 2 rings (SSSR count). The number of aromatic nitrogens is 1. The van der Waals surface area contributed by atoms with Crippen molar-refractivity contribution in [3.63, 3.8) is 0 Å². The van der Waals surface area contributed by atoms with Crippen LogP contribution in [0.2, 0.25) is 0 Å². The van der Waals surface area contributed by atoms with Gasteiger partial charge in [-0.1, -0.05) is 25.1 Å². The monoisotopic (exact) mass is 214 g/mol. The standard InChI is InChI=1S/C14H18N2/c1-4-13(15-3)12-9-10(2)16-14-8-6-5-7-11(12)14/h5-9,13,15H,4H2,1-3H3. The molecule has 0 aliphatic heterocycles. The molecule has 16 heavy (non-hydrogen) atoms. The fourth-order valence-corrected chi connectivity index (χ4v) is 2.21. The molecule has 0 saturated heterocycles. The zero-order valence-electron chi connectivity index (χ0n) is 10.1. The van der Waals surface area contributed by atoms with Crippen molar-refractivity contribution in [3.05, 3.63) is 41.6 Å². The second-order valence-electron chi connectivity index (χ2n) is 4.12. The van der Waals surface area contributed by atoms with E-state index in [9.17, 15) is 0 Å². The number of aryl methyl sites for hydroxylation is 1. The lowest BCUT2D eigenvalue weighted by Gasteiger charge is -2.17. The smallest absolute Gasteiger partial charge is 0.0708 e. The molecule has 1 unspecified atom stereocenters. The molecule has 0 bridgehead atoms. The lowest BCUT2D eigenvalue weighted by atomic mass is 9.99. The minimum atomic E-state index is 0.409. The van der Waals surface area contributed by atoms with Crippen LogP contribution < -0.4 is 5.32 Å². The highest BCUT2D eigenvalue weighted by Crippen LogP contribution is 2.25. The fraction of sp³-hybridized carbons (Fsp3) is 0.357. The van der Waals surface area contributed by atoms with Crippen molar-refractivity contribution in [3.8, 4) is 0 Å². The Morgan fingerprint density at radius 2 is 2.06 bits per heavy atom. The van der Waals surface area contributed by atoms with Gasteiger partial charge in [0.15, 0.2) is 0 Å². The van der Waals surface area contributed by atoms with Crippen molar-refractivity contribution in [2.24, 2.45) is 0 Å². The summed E-state index contributed by atoms with van der Waals surface area (Å²) in [6.45, 7) is 4.25. The summed E-state index contributed by atoms with van der Waals surface area (Å²) in [6, 6.07) is 10.9. The van der Waals surface area contributed by atoms with Gasteiger partial charge in [0.1, 0.15) is 0 Å². The first-order valence-electron chi connectivity index (χ1n) is 5.79. The number of hydrogen-bond donors (Lipinski definition) is 1. The Morgan fingerprint density at radius 3 is 2.75 bits per heavy atom. The quantitative estimate of drug-likeness (QED) is 0.848. The van der Waals surface area contributed by atoms with Crippen molar-refractivity contribution in [1.29, 1.82) is 0 Å². The first-order chi connectivity index (χ1) is 7.76. The summed E-state index contributed by atoms with van der Waals surface area (Å²) in [5, 5.41) is 4.62. The Morgan fingerprint density at radius 1 is 1.31 bits per heavy atom. The number of rotatable bonds is 3. The number of nitrogens with zero attached hydrogens (tertiary/aromatic N) is 1. The van der Waals surface area contributed by atoms with E-state index in [1.54, 1.807) is 0 Å². The third kappa shape index (κ3) is 1.93. The molecule has 84 valence electrons. The lowest BCUT2D eigenvalue weighted by molar-refractivity contribution is 0.580. The molecular formula is C14H18N2. The number of hydrogen-bond acceptors (Lipinski definition) is 2. The van der Waals surface area contributed by atoms with Crippen LogP contribution in [0.3, 0.4) is 0 Å². The molecule has 0 aliphatic rings. The molecule has 0 amide bonds. The van der Waals surface area contributed by atoms with Crippen LogP contribution in [0.5, 0.6) is 0 Å². The zero-order chi connectivity index (χ0) is 11.5. The Labute approximate surface area is 96.7 Å². The van der Waals surface area contributed by atoms with Gasteiger partial charge < -0.3 is 5.32 Å². The Balaban J connectivity index is 2.66. The second-order valence-corrected chi connectivity index (χ2v) is 4.12. The summed E-state index contributed by atoms with van der Waals surface area (Å²) >= 11 is 0. The van der Waals surface area contributed by atoms with Crippen LogP contribution in [0.4, 0.5) is 0 Å². The first-order valence-corrected chi connectivity index (χ1v) is 5.79. The first kappa shape index (κ1) is 11.1. The number of benzene rings is 1. The number of fused-ring (bicyclic) bond motifs is 1. The highest BCUT2D eigenvalue weighted by molar-refractivity contribution is 5.82. The van der Waals surface area contributed by atoms with E-state index in [0.717, 1.165) is 17.6 Å². The molecule has 2 nitrogen and oxygen atoms in total. The van der Waals surface area contributed by atoms with E-state index in [-0.39, 0.29) is 0 Å². The minimum Gasteiger partial charge on any atom is -0.313 e. The number of para-hydroxylation sites is 1. The normalized spacial score (nSPS) is 12.9. The van der Waals surface area contributed by atoms with Gasteiger partial charge in [0.05, 0.1) is 5.52 Å². The third-order valence-electron chi connectivity index (χ3n) is 3.01. The molecule has 0 fully saturated rings. The highest BCUT2D eigenvalue weighted by atomic mass is 14.9. The van der Waals surface area contributed by atoms with E-state index in [0.29, 0.717) is 6.04 Å². The summed E-state index contributed by atoms with van der Waals surface area (Å²) < 4.78 is 0. The topological polar surface area (TPSA) is 24.9 Å². The maximum absolute atomic E-state index is 4.56. The predicted molar refractivity (Wildman–Crippen MR) is 68.6 cm³/mol. The minimum absolute atomic E-state index is 0.409. The number of nitrogens with one attached hydrogen (secondary N) is 1. The highest BCUT2D eigenvalue weighted by Gasteiger charge is 2.11. The van der Waals surface area contributed by atoms with E-state index >= 15 is 0 Å². The molecular weight excluding hydrogens is 196 g/mol. The average molecular weight is 214 g/mol. The lowest BCUT2D eigenvalue weighted by Crippen LogP contribution is -2.16. The van der Waals surface area contributed by atoms with Gasteiger partial charge in [-0.05, 0) is 38.1 Å². The van der Waals surface area contributed by atoms with E-state index in [2.05, 4.69) is 48.4 Å². The van der Waals surface area contributed by atoms with Crippen molar-refractivity contribution in [1.82, 2.24) is 10.3 Å². The Hall–Kier alpha value is -1.41. The van der Waals surface area contributed by atoms with E-state index < -0.39 is 0 Å². The van der Waals surface area contributed by atoms with Crippen molar-refractivity contribution >= 4 is 10.9 Å². The van der Waals surface area contributed by atoms with Gasteiger partial charge in [-0.3, -0.25) is 4.98 Å². The maximum Gasteiger partial charge on any atom is 0.0708 e. The van der Waals surface area contributed by atoms with Gasteiger partial charge in [0.2, 0.25) is 0 Å². The molecule has 0 radical (unpaired) electrons. The predicted octanol–water partition coefficient (Wildman–Crippen LogP) is 3.21. The van der Waals surface area contributed by atoms with Crippen LogP contribution in [-0.4, -0.2) is 12.0 Å². The number of pyridine rings is 1. The molecule has 0 saturated carbocycles. The van der Waals surface area contributed by atoms with Gasteiger partial charge in [-0.15, -0.1) is 0 Å². The largest absolute Gasteiger partial charge is 0.313 e. The van der Waals surface area contributed by atoms with Crippen molar-refractivity contribution in [2.75, 3.05) is 7.05 Å². The van der Waals surface area contributed by atoms with Gasteiger partial charge >= 0.3 is 0 Å². The van der Waals surface area contributed by atoms with E-state index in [1.807, 2.05) is 13.1 Å². The second kappa shape index (κ2) is 4.62. The van der Waals surface area contributed by atoms with Crippen LogP contribution >= 0.6 is 0 Å².